The summed E-state index contributed by atoms with van der Waals surface area (Å²) in [5, 5.41) is 9.81. The minimum atomic E-state index is -0.430. The van der Waals surface area contributed by atoms with E-state index in [-0.39, 0.29) is 11.9 Å². The molecule has 2 rings (SSSR count). The minimum Gasteiger partial charge on any atom is -0.377 e. The van der Waals surface area contributed by atoms with Crippen LogP contribution in [0.3, 0.4) is 0 Å². The third-order valence-corrected chi connectivity index (χ3v) is 5.88. The predicted molar refractivity (Wildman–Crippen MR) is 123 cm³/mol. The average molecular weight is 466 g/mol. The molecule has 0 unspecified atom stereocenters. The SMILES string of the molecule is CCc1cc(Cl)cnc1CN(C)CCCC[C@@H](C[C@@H](OC)c1ccc(F)cc1)C(=O)NO. The molecule has 2 N–H and O–H groups in total. The first-order valence-electron chi connectivity index (χ1n) is 10.9. The van der Waals surface area contributed by atoms with Crippen LogP contribution >= 0.6 is 11.6 Å². The number of nitrogens with one attached hydrogen (secondary N) is 1. The summed E-state index contributed by atoms with van der Waals surface area (Å²) in [6, 6.07) is 8.02. The number of carbonyl (C=O) groups excluding carboxylic acids is 1. The second-order valence-electron chi connectivity index (χ2n) is 8.03. The van der Waals surface area contributed by atoms with E-state index in [2.05, 4.69) is 16.8 Å². The molecule has 1 aromatic carbocycles. The Labute approximate surface area is 194 Å². The molecule has 2 atom stereocenters. The summed E-state index contributed by atoms with van der Waals surface area (Å²) < 4.78 is 18.7. The first-order valence-corrected chi connectivity index (χ1v) is 11.3. The Morgan fingerprint density at radius 1 is 1.31 bits per heavy atom. The van der Waals surface area contributed by atoms with E-state index >= 15 is 0 Å². The summed E-state index contributed by atoms with van der Waals surface area (Å²) in [4.78, 5) is 18.9. The van der Waals surface area contributed by atoms with Gasteiger partial charge >= 0.3 is 0 Å². The molecule has 176 valence electrons. The van der Waals surface area contributed by atoms with E-state index < -0.39 is 11.8 Å². The molecule has 0 saturated heterocycles. The highest BCUT2D eigenvalue weighted by atomic mass is 35.5. The fourth-order valence-corrected chi connectivity index (χ4v) is 4.00. The number of unbranched alkanes of at least 4 members (excludes halogenated alkanes) is 1. The Balaban J connectivity index is 1.86. The van der Waals surface area contributed by atoms with Crippen molar-refractivity contribution in [2.45, 2.75) is 51.7 Å². The fourth-order valence-electron chi connectivity index (χ4n) is 3.82. The van der Waals surface area contributed by atoms with Gasteiger partial charge in [0.25, 0.3) is 0 Å². The highest BCUT2D eigenvalue weighted by molar-refractivity contribution is 6.30. The number of halogens is 2. The van der Waals surface area contributed by atoms with Crippen molar-refractivity contribution in [3.05, 3.63) is 64.2 Å². The third-order valence-electron chi connectivity index (χ3n) is 5.68. The van der Waals surface area contributed by atoms with Crippen LogP contribution in [-0.2, 0) is 22.5 Å². The van der Waals surface area contributed by atoms with Gasteiger partial charge in [0.2, 0.25) is 5.91 Å². The largest absolute Gasteiger partial charge is 0.377 e. The summed E-state index contributed by atoms with van der Waals surface area (Å²) in [6.45, 7) is 3.67. The Hall–Kier alpha value is -2.06. The Bertz CT molecular complexity index is 851. The van der Waals surface area contributed by atoms with Crippen molar-refractivity contribution < 1.29 is 19.1 Å². The molecule has 0 spiro atoms. The number of methoxy groups -OCH3 is 1. The van der Waals surface area contributed by atoms with Crippen LogP contribution in [0.5, 0.6) is 0 Å². The average Bonchev–Trinajstić information content (AvgIpc) is 2.80. The molecule has 0 saturated carbocycles. The number of benzene rings is 1. The molecule has 0 aliphatic heterocycles. The summed E-state index contributed by atoms with van der Waals surface area (Å²) in [5.41, 5.74) is 4.74. The number of aryl methyl sites for hydroxylation is 1. The zero-order chi connectivity index (χ0) is 23.5. The lowest BCUT2D eigenvalue weighted by Gasteiger charge is -2.22. The standard InChI is InChI=1S/C24H33ClFN3O3/c1-4-17-13-20(25)15-27-22(17)16-29(2)12-6-5-7-19(24(30)28-31)14-23(32-3)18-8-10-21(26)11-9-18/h8-11,13,15,19,23,31H,4-7,12,14,16H2,1-3H3,(H,28,30)/t19-,23+/m0/s1. The smallest absolute Gasteiger partial charge is 0.246 e. The summed E-state index contributed by atoms with van der Waals surface area (Å²) >= 11 is 6.04. The second-order valence-corrected chi connectivity index (χ2v) is 8.47. The number of hydroxylamine groups is 1. The fraction of sp³-hybridized carbons (Fsp3) is 0.500. The van der Waals surface area contributed by atoms with Gasteiger partial charge < -0.3 is 9.64 Å². The number of nitrogens with zero attached hydrogens (tertiary/aromatic N) is 2. The molecule has 1 heterocycles. The molecule has 0 fully saturated rings. The van der Waals surface area contributed by atoms with E-state index in [0.29, 0.717) is 17.9 Å². The maximum Gasteiger partial charge on any atom is 0.246 e. The molecule has 1 amide bonds. The molecule has 32 heavy (non-hydrogen) atoms. The van der Waals surface area contributed by atoms with Gasteiger partial charge in [0.1, 0.15) is 5.82 Å². The number of ether oxygens (including phenoxy) is 1. The van der Waals surface area contributed by atoms with E-state index in [0.717, 1.165) is 49.2 Å². The lowest BCUT2D eigenvalue weighted by atomic mass is 9.91. The molecule has 2 aromatic rings. The predicted octanol–water partition coefficient (Wildman–Crippen LogP) is 4.94. The first kappa shape index (κ1) is 26.2. The monoisotopic (exact) mass is 465 g/mol. The quantitative estimate of drug-likeness (QED) is 0.249. The van der Waals surface area contributed by atoms with Gasteiger partial charge in [-0.2, -0.15) is 0 Å². The van der Waals surface area contributed by atoms with E-state index in [1.165, 1.54) is 12.1 Å². The number of rotatable bonds is 13. The van der Waals surface area contributed by atoms with Crippen molar-refractivity contribution in [2.75, 3.05) is 20.7 Å². The highest BCUT2D eigenvalue weighted by Gasteiger charge is 2.24. The molecule has 0 aliphatic carbocycles. The molecular formula is C24H33ClFN3O3. The Kier molecular flexibility index (Phi) is 11.0. The van der Waals surface area contributed by atoms with Gasteiger partial charge in [-0.15, -0.1) is 0 Å². The second kappa shape index (κ2) is 13.5. The van der Waals surface area contributed by atoms with Crippen LogP contribution in [0.4, 0.5) is 4.39 Å². The Morgan fingerprint density at radius 2 is 2.03 bits per heavy atom. The van der Waals surface area contributed by atoms with Crippen molar-refractivity contribution in [3.63, 3.8) is 0 Å². The summed E-state index contributed by atoms with van der Waals surface area (Å²) in [6.07, 6.45) is 4.92. The van der Waals surface area contributed by atoms with Gasteiger partial charge in [-0.1, -0.05) is 37.1 Å². The van der Waals surface area contributed by atoms with Gasteiger partial charge in [-0.3, -0.25) is 15.0 Å². The number of pyridine rings is 1. The van der Waals surface area contributed by atoms with Crippen LogP contribution in [0.25, 0.3) is 0 Å². The van der Waals surface area contributed by atoms with Crippen molar-refractivity contribution in [1.29, 1.82) is 0 Å². The van der Waals surface area contributed by atoms with E-state index in [4.69, 9.17) is 21.5 Å². The molecule has 0 radical (unpaired) electrons. The summed E-state index contributed by atoms with van der Waals surface area (Å²) in [7, 11) is 3.61. The van der Waals surface area contributed by atoms with Crippen molar-refractivity contribution in [1.82, 2.24) is 15.4 Å². The third kappa shape index (κ3) is 8.13. The van der Waals surface area contributed by atoms with Crippen LogP contribution in [0, 0.1) is 11.7 Å². The van der Waals surface area contributed by atoms with Crippen LogP contribution in [-0.4, -0.2) is 41.7 Å². The highest BCUT2D eigenvalue weighted by Crippen LogP contribution is 2.28. The van der Waals surface area contributed by atoms with Gasteiger partial charge in [-0.05, 0) is 68.6 Å². The minimum absolute atomic E-state index is 0.322. The number of aromatic nitrogens is 1. The molecule has 6 nitrogen and oxygen atoms in total. The number of amides is 1. The van der Waals surface area contributed by atoms with E-state index in [1.807, 2.05) is 13.1 Å². The Morgan fingerprint density at radius 3 is 2.66 bits per heavy atom. The molecule has 0 bridgehead atoms. The number of hydrogen-bond acceptors (Lipinski definition) is 5. The van der Waals surface area contributed by atoms with Crippen LogP contribution < -0.4 is 5.48 Å². The van der Waals surface area contributed by atoms with Crippen LogP contribution in [0.1, 0.15) is 55.5 Å². The zero-order valence-corrected chi connectivity index (χ0v) is 19.7. The topological polar surface area (TPSA) is 74.7 Å². The first-order chi connectivity index (χ1) is 15.4. The van der Waals surface area contributed by atoms with Crippen molar-refractivity contribution in [2.24, 2.45) is 5.92 Å². The van der Waals surface area contributed by atoms with E-state index in [9.17, 15) is 9.18 Å². The number of hydrogen-bond donors (Lipinski definition) is 2. The summed E-state index contributed by atoms with van der Waals surface area (Å²) in [5.74, 6) is -1.16. The normalized spacial score (nSPS) is 13.2. The van der Waals surface area contributed by atoms with Gasteiger partial charge in [0.05, 0.1) is 16.8 Å². The van der Waals surface area contributed by atoms with Crippen molar-refractivity contribution in [3.8, 4) is 0 Å². The zero-order valence-electron chi connectivity index (χ0n) is 19.0. The van der Waals surface area contributed by atoms with Crippen molar-refractivity contribution >= 4 is 17.5 Å². The van der Waals surface area contributed by atoms with E-state index in [1.54, 1.807) is 30.9 Å². The van der Waals surface area contributed by atoms with Gasteiger partial charge in [-0.25, -0.2) is 9.87 Å². The maximum absolute atomic E-state index is 13.2. The van der Waals surface area contributed by atoms with Crippen LogP contribution in [0.15, 0.2) is 36.5 Å². The van der Waals surface area contributed by atoms with Crippen LogP contribution in [0.2, 0.25) is 5.02 Å². The molecule has 1 aromatic heterocycles. The molecule has 0 aliphatic rings. The maximum atomic E-state index is 13.2. The molecule has 8 heteroatoms. The van der Waals surface area contributed by atoms with Gasteiger partial charge in [0.15, 0.2) is 0 Å². The lowest BCUT2D eigenvalue weighted by molar-refractivity contribution is -0.135. The lowest BCUT2D eigenvalue weighted by Crippen LogP contribution is -2.29. The molecular weight excluding hydrogens is 433 g/mol. The van der Waals surface area contributed by atoms with Gasteiger partial charge in [0, 0.05) is 25.8 Å². The number of carbonyl (C=O) groups is 1.